The van der Waals surface area contributed by atoms with Crippen molar-refractivity contribution >= 4 is 35.5 Å². The quantitative estimate of drug-likeness (QED) is 0.0532. The number of amides is 3. The molecule has 1 saturated heterocycles. The molecule has 0 spiro atoms. The standard InChI is InChI=1S/C46H49N9O3.C3H8.C2H6O.CH2O2/c1-46(18-19-46)27-53(45(58)42(51-28-56)31-6-4-3-5-7-31)26-40-49-24-39(55(40)47)35-15-14-33-20-32(12-13-34(33)21-35)29-8-10-30(11-9-29)38-23-50-44(52-38)43-36-16-17-37(22-36)54(43)41(57)25-48-2;2*1-3-2;2-1-3/h3-15,20-21,23-24,28,36-37,42-43,48H,16-19,22,25-27,47H2,1-2H3,(H,50,52)(H,51,56);3H2,1-2H3;1-2H3;1H,(H,2,3)/t36-,37+,42?,43-;;;/m0.../s1. The van der Waals surface area contributed by atoms with Gasteiger partial charge >= 0.3 is 0 Å². The van der Waals surface area contributed by atoms with Gasteiger partial charge in [0.2, 0.25) is 18.2 Å². The summed E-state index contributed by atoms with van der Waals surface area (Å²) >= 11 is 0. The van der Waals surface area contributed by atoms with Crippen LogP contribution < -0.4 is 16.5 Å². The van der Waals surface area contributed by atoms with Crippen molar-refractivity contribution in [1.82, 2.24) is 40.1 Å². The highest BCUT2D eigenvalue weighted by Gasteiger charge is 2.49. The van der Waals surface area contributed by atoms with E-state index in [2.05, 4.69) is 106 Å². The summed E-state index contributed by atoms with van der Waals surface area (Å²) in [5.41, 5.74) is 6.62. The molecule has 67 heavy (non-hydrogen) atoms. The highest BCUT2D eigenvalue weighted by molar-refractivity contribution is 5.91. The zero-order valence-electron chi connectivity index (χ0n) is 39.4. The van der Waals surface area contributed by atoms with Crippen molar-refractivity contribution < 1.29 is 29.0 Å². The second-order valence-corrected chi connectivity index (χ2v) is 17.8. The van der Waals surface area contributed by atoms with Gasteiger partial charge in [0.15, 0.2) is 0 Å². The highest BCUT2D eigenvalue weighted by Crippen LogP contribution is 2.50. The number of aromatic nitrogens is 4. The van der Waals surface area contributed by atoms with E-state index in [0.717, 1.165) is 87.9 Å². The van der Waals surface area contributed by atoms with E-state index >= 15 is 0 Å². The lowest BCUT2D eigenvalue weighted by atomic mass is 9.97. The fourth-order valence-corrected chi connectivity index (χ4v) is 9.15. The van der Waals surface area contributed by atoms with E-state index in [4.69, 9.17) is 20.7 Å². The fraction of sp³-hybridized carbons (Fsp3) is 0.385. The van der Waals surface area contributed by atoms with Gasteiger partial charge in [-0.15, -0.1) is 0 Å². The second-order valence-electron chi connectivity index (χ2n) is 17.8. The lowest BCUT2D eigenvalue weighted by Gasteiger charge is -2.34. The number of carboxylic acid groups (broad SMARTS) is 1. The molecule has 4 aromatic carbocycles. The second kappa shape index (κ2) is 23.1. The number of H-pyrrole nitrogens is 1. The molecule has 354 valence electrons. The van der Waals surface area contributed by atoms with Crippen molar-refractivity contribution in [3.8, 4) is 33.6 Å². The van der Waals surface area contributed by atoms with Gasteiger partial charge in [0.05, 0.1) is 42.9 Å². The largest absolute Gasteiger partial charge is 0.483 e. The van der Waals surface area contributed by atoms with Crippen LogP contribution in [0.15, 0.2) is 103 Å². The van der Waals surface area contributed by atoms with Gasteiger partial charge in [0.25, 0.3) is 6.47 Å². The summed E-state index contributed by atoms with van der Waals surface area (Å²) in [4.78, 5) is 63.8. The van der Waals surface area contributed by atoms with E-state index in [-0.39, 0.29) is 36.3 Å². The molecule has 3 aliphatic rings. The molecule has 3 heterocycles. The maximum atomic E-state index is 14.0. The zero-order chi connectivity index (χ0) is 48.1. The number of nitrogens with two attached hydrogens (primary N) is 1. The molecule has 2 saturated carbocycles. The zero-order valence-corrected chi connectivity index (χ0v) is 39.4. The number of nitrogen functional groups attached to an aromatic ring is 1. The number of nitrogens with zero attached hydrogens (tertiary/aromatic N) is 5. The van der Waals surface area contributed by atoms with Crippen LogP contribution in [0, 0.1) is 11.3 Å². The Labute approximate surface area is 393 Å². The van der Waals surface area contributed by atoms with Gasteiger partial charge in [0.1, 0.15) is 17.7 Å². The van der Waals surface area contributed by atoms with Crippen molar-refractivity contribution in [2.24, 2.45) is 11.3 Å². The van der Waals surface area contributed by atoms with E-state index in [1.165, 1.54) is 6.42 Å². The van der Waals surface area contributed by atoms with Gasteiger partial charge in [-0.05, 0) is 95.6 Å². The molecule has 15 nitrogen and oxygen atoms in total. The first-order valence-electron chi connectivity index (χ1n) is 23.0. The molecular formula is C52H65N9O6. The Balaban J connectivity index is 0.000000764. The van der Waals surface area contributed by atoms with Crippen molar-refractivity contribution in [1.29, 1.82) is 0 Å². The first kappa shape index (κ1) is 49.6. The number of likely N-dealkylation sites (tertiary alicyclic amines) is 1. The van der Waals surface area contributed by atoms with Crippen LogP contribution in [0.25, 0.3) is 44.4 Å². The Bertz CT molecular complexity index is 2570. The van der Waals surface area contributed by atoms with Gasteiger partial charge in [-0.1, -0.05) is 106 Å². The Morgan fingerprint density at radius 1 is 0.925 bits per heavy atom. The average Bonchev–Trinajstić information content (AvgIpc) is 3.82. The number of carbonyl (C=O) groups excluding carboxylic acids is 3. The molecule has 6 aromatic rings. The number of likely N-dealkylation sites (N-methyl/N-ethyl adjacent to an activating group) is 1. The number of hydrogen-bond donors (Lipinski definition) is 5. The Hall–Kier alpha value is -6.84. The fourth-order valence-electron chi connectivity index (χ4n) is 9.15. The average molecular weight is 912 g/mol. The van der Waals surface area contributed by atoms with E-state index in [0.29, 0.717) is 37.3 Å². The number of aromatic amines is 1. The summed E-state index contributed by atoms with van der Waals surface area (Å²) in [6, 6.07) is 30.0. The number of benzene rings is 4. The number of carbonyl (C=O) groups is 4. The van der Waals surface area contributed by atoms with Crippen LogP contribution in [0.4, 0.5) is 0 Å². The molecule has 4 atom stereocenters. The van der Waals surface area contributed by atoms with Crippen molar-refractivity contribution in [2.75, 3.05) is 40.2 Å². The molecule has 2 aliphatic carbocycles. The molecule has 3 amide bonds. The summed E-state index contributed by atoms with van der Waals surface area (Å²) in [6.07, 6.45) is 10.8. The number of imidazole rings is 2. The molecule has 1 unspecified atom stereocenters. The summed E-state index contributed by atoms with van der Waals surface area (Å²) in [7, 11) is 5.07. The van der Waals surface area contributed by atoms with Gasteiger partial charge in [-0.25, -0.2) is 14.6 Å². The van der Waals surface area contributed by atoms with Gasteiger partial charge in [0, 0.05) is 32.4 Å². The Kier molecular flexibility index (Phi) is 17.1. The number of rotatable bonds is 14. The topological polar surface area (TPSA) is 201 Å². The van der Waals surface area contributed by atoms with E-state index in [9.17, 15) is 14.4 Å². The predicted molar refractivity (Wildman–Crippen MR) is 262 cm³/mol. The normalized spacial score (nSPS) is 17.7. The summed E-state index contributed by atoms with van der Waals surface area (Å²) < 4.78 is 5.82. The number of nitrogens with one attached hydrogen (secondary N) is 3. The summed E-state index contributed by atoms with van der Waals surface area (Å²) in [6.45, 7) is 7.27. The first-order chi connectivity index (χ1) is 32.5. The Morgan fingerprint density at radius 2 is 1.54 bits per heavy atom. The highest BCUT2D eigenvalue weighted by atomic mass is 16.4. The van der Waals surface area contributed by atoms with Crippen LogP contribution in [0.2, 0.25) is 0 Å². The van der Waals surface area contributed by atoms with Gasteiger partial charge in [-0.2, -0.15) is 0 Å². The minimum absolute atomic E-state index is 0.00545. The van der Waals surface area contributed by atoms with Crippen LogP contribution in [-0.4, -0.2) is 99.6 Å². The third kappa shape index (κ3) is 11.8. The van der Waals surface area contributed by atoms with Crippen LogP contribution >= 0.6 is 0 Å². The minimum atomic E-state index is -0.806. The lowest BCUT2D eigenvalue weighted by molar-refractivity contribution is -0.136. The smallest absolute Gasteiger partial charge is 0.290 e. The van der Waals surface area contributed by atoms with E-state index in [1.807, 2.05) is 49.6 Å². The number of ether oxygens (including phenoxy) is 1. The molecule has 2 aromatic heterocycles. The molecule has 0 radical (unpaired) electrons. The summed E-state index contributed by atoms with van der Waals surface area (Å²) in [5, 5.41) is 14.8. The van der Waals surface area contributed by atoms with Gasteiger partial charge in [-0.3, -0.25) is 19.2 Å². The van der Waals surface area contributed by atoms with Crippen LogP contribution in [0.5, 0.6) is 0 Å². The number of hydrogen-bond acceptors (Lipinski definition) is 9. The minimum Gasteiger partial charge on any atom is -0.483 e. The van der Waals surface area contributed by atoms with E-state index in [1.54, 1.807) is 30.0 Å². The monoisotopic (exact) mass is 912 g/mol. The molecule has 15 heteroatoms. The first-order valence-corrected chi connectivity index (χ1v) is 23.0. The molecule has 9 rings (SSSR count). The maximum absolute atomic E-state index is 14.0. The van der Waals surface area contributed by atoms with Crippen molar-refractivity contribution in [3.05, 3.63) is 121 Å². The van der Waals surface area contributed by atoms with Crippen LogP contribution in [0.1, 0.15) is 88.6 Å². The van der Waals surface area contributed by atoms with E-state index < -0.39 is 6.04 Å². The summed E-state index contributed by atoms with van der Waals surface area (Å²) in [5.74, 6) is 8.53. The Morgan fingerprint density at radius 3 is 2.16 bits per heavy atom. The van der Waals surface area contributed by atoms with Crippen molar-refractivity contribution in [2.45, 2.75) is 84.0 Å². The molecule has 6 N–H and O–H groups in total. The molecule has 3 fully saturated rings. The molecule has 2 bridgehead atoms. The SMILES string of the molecule is CCC.CNCC(=O)N1[C@@H]2CC[C@@H](C2)[C@H]1c1ncc(-c2ccc(-c3ccc4cc(-c5cnc(CN(CC6(C)CC6)C(=O)C(NC=O)c6ccccc6)n5N)ccc4c3)cc2)[nH]1.COC.O=CO. The lowest BCUT2D eigenvalue weighted by Crippen LogP contribution is -2.44. The van der Waals surface area contributed by atoms with Gasteiger partial charge < -0.3 is 41.1 Å². The molecular weight excluding hydrogens is 847 g/mol. The van der Waals surface area contributed by atoms with Crippen LogP contribution in [0.3, 0.4) is 0 Å². The maximum Gasteiger partial charge on any atom is 0.290 e. The number of fused-ring (bicyclic) bond motifs is 3. The number of piperidine rings is 1. The third-order valence-corrected chi connectivity index (χ3v) is 12.6. The predicted octanol–water partition coefficient (Wildman–Crippen LogP) is 7.74. The number of methoxy groups -OCH3 is 1. The van der Waals surface area contributed by atoms with Crippen LogP contribution in [-0.2, 0) is 30.5 Å². The van der Waals surface area contributed by atoms with Crippen molar-refractivity contribution in [3.63, 3.8) is 0 Å². The molecule has 1 aliphatic heterocycles. The third-order valence-electron chi connectivity index (χ3n) is 12.6.